The molecule has 20 heavy (non-hydrogen) atoms. The van der Waals surface area contributed by atoms with Crippen LogP contribution in [-0.4, -0.2) is 16.1 Å². The molecule has 0 amide bonds. The molecule has 0 fully saturated rings. The third kappa shape index (κ3) is 3.79. The SMILES string of the molecule is Cc1nc(C)c(CNC(C)C(O)c2ccc(Cl)cc2)s1. The van der Waals surface area contributed by atoms with Crippen molar-refractivity contribution in [3.8, 4) is 0 Å². The number of hydrogen-bond donors (Lipinski definition) is 2. The zero-order valence-electron chi connectivity index (χ0n) is 11.9. The Morgan fingerprint density at radius 2 is 1.95 bits per heavy atom. The summed E-state index contributed by atoms with van der Waals surface area (Å²) in [4.78, 5) is 5.62. The molecule has 2 N–H and O–H groups in total. The minimum absolute atomic E-state index is 0.0435. The Balaban J connectivity index is 1.96. The largest absolute Gasteiger partial charge is 0.387 e. The van der Waals surface area contributed by atoms with Gasteiger partial charge in [-0.1, -0.05) is 23.7 Å². The lowest BCUT2D eigenvalue weighted by Crippen LogP contribution is -2.31. The van der Waals surface area contributed by atoms with E-state index in [1.165, 1.54) is 4.88 Å². The van der Waals surface area contributed by atoms with E-state index < -0.39 is 6.10 Å². The van der Waals surface area contributed by atoms with E-state index in [-0.39, 0.29) is 6.04 Å². The second kappa shape index (κ2) is 6.68. The molecule has 0 aliphatic carbocycles. The van der Waals surface area contributed by atoms with Crippen LogP contribution in [0, 0.1) is 13.8 Å². The molecule has 1 aromatic heterocycles. The van der Waals surface area contributed by atoms with Gasteiger partial charge in [-0.05, 0) is 38.5 Å². The van der Waals surface area contributed by atoms with Gasteiger partial charge in [-0.15, -0.1) is 11.3 Å². The molecule has 0 aliphatic heterocycles. The molecule has 0 radical (unpaired) electrons. The quantitative estimate of drug-likeness (QED) is 0.886. The summed E-state index contributed by atoms with van der Waals surface area (Å²) in [6.07, 6.45) is -0.554. The number of aliphatic hydroxyl groups is 1. The first-order chi connectivity index (χ1) is 9.47. The number of halogens is 1. The number of aryl methyl sites for hydroxylation is 2. The predicted molar refractivity (Wildman–Crippen MR) is 84.3 cm³/mol. The minimum atomic E-state index is -0.554. The molecule has 1 aromatic carbocycles. The van der Waals surface area contributed by atoms with E-state index in [1.807, 2.05) is 32.9 Å². The molecule has 2 atom stereocenters. The number of benzene rings is 1. The van der Waals surface area contributed by atoms with Crippen molar-refractivity contribution in [1.82, 2.24) is 10.3 Å². The number of nitrogens with zero attached hydrogens (tertiary/aromatic N) is 1. The van der Waals surface area contributed by atoms with Crippen molar-refractivity contribution in [2.75, 3.05) is 0 Å². The zero-order chi connectivity index (χ0) is 14.7. The fourth-order valence-electron chi connectivity index (χ4n) is 2.05. The van der Waals surface area contributed by atoms with Gasteiger partial charge >= 0.3 is 0 Å². The molecular formula is C15H19ClN2OS. The van der Waals surface area contributed by atoms with Crippen LogP contribution in [0.5, 0.6) is 0 Å². The molecule has 2 unspecified atom stereocenters. The molecule has 0 spiro atoms. The van der Waals surface area contributed by atoms with E-state index in [1.54, 1.807) is 23.5 Å². The Morgan fingerprint density at radius 3 is 2.50 bits per heavy atom. The summed E-state index contributed by atoms with van der Waals surface area (Å²) in [5.74, 6) is 0. The molecule has 2 aromatic rings. The second-order valence-electron chi connectivity index (χ2n) is 4.91. The normalized spacial score (nSPS) is 14.2. The van der Waals surface area contributed by atoms with Crippen molar-refractivity contribution in [3.63, 3.8) is 0 Å². The molecular weight excluding hydrogens is 292 g/mol. The first kappa shape index (κ1) is 15.4. The molecule has 5 heteroatoms. The number of hydrogen-bond acceptors (Lipinski definition) is 4. The third-order valence-electron chi connectivity index (χ3n) is 3.27. The zero-order valence-corrected chi connectivity index (χ0v) is 13.4. The van der Waals surface area contributed by atoms with Gasteiger partial charge in [0.2, 0.25) is 0 Å². The van der Waals surface area contributed by atoms with Crippen LogP contribution in [0.4, 0.5) is 0 Å². The van der Waals surface area contributed by atoms with Crippen LogP contribution in [-0.2, 0) is 6.54 Å². The molecule has 2 rings (SSSR count). The van der Waals surface area contributed by atoms with E-state index in [9.17, 15) is 5.11 Å². The summed E-state index contributed by atoms with van der Waals surface area (Å²) in [7, 11) is 0. The summed E-state index contributed by atoms with van der Waals surface area (Å²) in [5.41, 5.74) is 1.93. The molecule has 0 bridgehead atoms. The third-order valence-corrected chi connectivity index (χ3v) is 4.59. The number of rotatable bonds is 5. The maximum absolute atomic E-state index is 10.3. The molecule has 0 aliphatic rings. The highest BCUT2D eigenvalue weighted by Crippen LogP contribution is 2.21. The first-order valence-electron chi connectivity index (χ1n) is 6.57. The van der Waals surface area contributed by atoms with E-state index in [0.717, 1.165) is 22.8 Å². The van der Waals surface area contributed by atoms with Gasteiger partial charge in [-0.25, -0.2) is 4.98 Å². The van der Waals surface area contributed by atoms with Gasteiger partial charge in [0.15, 0.2) is 0 Å². The Bertz CT molecular complexity index is 568. The van der Waals surface area contributed by atoms with Crippen molar-refractivity contribution in [2.24, 2.45) is 0 Å². The van der Waals surface area contributed by atoms with Gasteiger partial charge in [0.25, 0.3) is 0 Å². The van der Waals surface area contributed by atoms with E-state index >= 15 is 0 Å². The van der Waals surface area contributed by atoms with Gasteiger partial charge in [0.1, 0.15) is 0 Å². The molecule has 0 saturated heterocycles. The first-order valence-corrected chi connectivity index (χ1v) is 7.76. The van der Waals surface area contributed by atoms with Crippen LogP contribution >= 0.6 is 22.9 Å². The molecule has 1 heterocycles. The van der Waals surface area contributed by atoms with Gasteiger partial charge in [0.05, 0.1) is 16.8 Å². The predicted octanol–water partition coefficient (Wildman–Crippen LogP) is 3.63. The van der Waals surface area contributed by atoms with Gasteiger partial charge in [0, 0.05) is 22.5 Å². The lowest BCUT2D eigenvalue weighted by molar-refractivity contribution is 0.135. The average molecular weight is 311 g/mol. The highest BCUT2D eigenvalue weighted by atomic mass is 35.5. The average Bonchev–Trinajstić information content (AvgIpc) is 2.74. The van der Waals surface area contributed by atoms with Crippen LogP contribution in [0.3, 0.4) is 0 Å². The van der Waals surface area contributed by atoms with Gasteiger partial charge < -0.3 is 10.4 Å². The fourth-order valence-corrected chi connectivity index (χ4v) is 3.07. The van der Waals surface area contributed by atoms with E-state index in [4.69, 9.17) is 11.6 Å². The van der Waals surface area contributed by atoms with Crippen molar-refractivity contribution in [3.05, 3.63) is 50.4 Å². The summed E-state index contributed by atoms with van der Waals surface area (Å²) >= 11 is 7.55. The molecule has 0 saturated carbocycles. The van der Waals surface area contributed by atoms with Crippen LogP contribution in [0.25, 0.3) is 0 Å². The topological polar surface area (TPSA) is 45.2 Å². The van der Waals surface area contributed by atoms with Crippen LogP contribution in [0.15, 0.2) is 24.3 Å². The lowest BCUT2D eigenvalue weighted by Gasteiger charge is -2.20. The lowest BCUT2D eigenvalue weighted by atomic mass is 10.0. The monoisotopic (exact) mass is 310 g/mol. The van der Waals surface area contributed by atoms with Crippen LogP contribution in [0.1, 0.15) is 34.2 Å². The van der Waals surface area contributed by atoms with E-state index in [2.05, 4.69) is 10.3 Å². The van der Waals surface area contributed by atoms with Crippen LogP contribution < -0.4 is 5.32 Å². The standard InChI is InChI=1S/C15H19ClN2OS/c1-9-14(20-11(3)18-9)8-17-10(2)15(19)12-4-6-13(16)7-5-12/h4-7,10,15,17,19H,8H2,1-3H3. The summed E-state index contributed by atoms with van der Waals surface area (Å²) in [6, 6.07) is 7.26. The Kier molecular flexibility index (Phi) is 5.16. The maximum atomic E-state index is 10.3. The van der Waals surface area contributed by atoms with Gasteiger partial charge in [-0.2, -0.15) is 0 Å². The number of aliphatic hydroxyl groups excluding tert-OH is 1. The van der Waals surface area contributed by atoms with E-state index in [0.29, 0.717) is 5.02 Å². The maximum Gasteiger partial charge on any atom is 0.0940 e. The number of aromatic nitrogens is 1. The summed E-state index contributed by atoms with van der Waals surface area (Å²) in [5, 5.41) is 15.4. The molecule has 108 valence electrons. The van der Waals surface area contributed by atoms with Gasteiger partial charge in [-0.3, -0.25) is 0 Å². The minimum Gasteiger partial charge on any atom is -0.387 e. The Labute approximate surface area is 128 Å². The Hall–Kier alpha value is -0.940. The van der Waals surface area contributed by atoms with Crippen molar-refractivity contribution < 1.29 is 5.11 Å². The smallest absolute Gasteiger partial charge is 0.0940 e. The number of thiazole rings is 1. The molecule has 3 nitrogen and oxygen atoms in total. The van der Waals surface area contributed by atoms with Crippen molar-refractivity contribution in [2.45, 2.75) is 39.5 Å². The summed E-state index contributed by atoms with van der Waals surface area (Å²) < 4.78 is 0. The number of nitrogens with one attached hydrogen (secondary N) is 1. The van der Waals surface area contributed by atoms with Crippen molar-refractivity contribution in [1.29, 1.82) is 0 Å². The van der Waals surface area contributed by atoms with Crippen molar-refractivity contribution >= 4 is 22.9 Å². The summed E-state index contributed by atoms with van der Waals surface area (Å²) in [6.45, 7) is 6.72. The second-order valence-corrected chi connectivity index (χ2v) is 6.63. The highest BCUT2D eigenvalue weighted by molar-refractivity contribution is 7.11. The van der Waals surface area contributed by atoms with Crippen LogP contribution in [0.2, 0.25) is 5.02 Å². The highest BCUT2D eigenvalue weighted by Gasteiger charge is 2.16. The Morgan fingerprint density at radius 1 is 1.30 bits per heavy atom. The fraction of sp³-hybridized carbons (Fsp3) is 0.400.